The number of benzene rings is 2. The van der Waals surface area contributed by atoms with E-state index in [9.17, 15) is 0 Å². The lowest BCUT2D eigenvalue weighted by atomic mass is 9.84. The van der Waals surface area contributed by atoms with E-state index in [0.29, 0.717) is 0 Å². The minimum atomic E-state index is 0.0962. The summed E-state index contributed by atoms with van der Waals surface area (Å²) in [5, 5.41) is 8.99. The van der Waals surface area contributed by atoms with Gasteiger partial charge in [0, 0.05) is 6.07 Å². The van der Waals surface area contributed by atoms with Gasteiger partial charge in [-0.25, -0.2) is 0 Å². The maximum atomic E-state index is 6.12. The molecule has 0 unspecified atom stereocenters. The Morgan fingerprint density at radius 2 is 1.46 bits per heavy atom. The van der Waals surface area contributed by atoms with Gasteiger partial charge >= 0.3 is 0 Å². The molecule has 1 aliphatic rings. The summed E-state index contributed by atoms with van der Waals surface area (Å²) < 4.78 is 6.12. The first-order chi connectivity index (χ1) is 13.1. The fourth-order valence-electron chi connectivity index (χ4n) is 3.80. The van der Waals surface area contributed by atoms with E-state index in [-0.39, 0.29) is 5.41 Å². The highest BCUT2D eigenvalue weighted by Gasteiger charge is 2.28. The maximum absolute atomic E-state index is 6.12. The first-order valence-electron chi connectivity index (χ1n) is 9.70. The highest BCUT2D eigenvalue weighted by molar-refractivity contribution is 5.89. The number of anilines is 3. The monoisotopic (exact) mass is 373 g/mol. The van der Waals surface area contributed by atoms with Crippen LogP contribution in [0.5, 0.6) is 0 Å². The van der Waals surface area contributed by atoms with Crippen LogP contribution in [0.25, 0.3) is 0 Å². The first kappa shape index (κ1) is 18.5. The second-order valence-corrected chi connectivity index (χ2v) is 8.78. The molecular weight excluding hydrogens is 346 g/mol. The highest BCUT2D eigenvalue weighted by atomic mass is 16.4. The number of fused-ring (bicyclic) bond motifs is 2. The third-order valence-electron chi connectivity index (χ3n) is 5.24. The summed E-state index contributed by atoms with van der Waals surface area (Å²) >= 11 is 0. The minimum absolute atomic E-state index is 0.0962. The van der Waals surface area contributed by atoms with Crippen molar-refractivity contribution in [2.75, 3.05) is 4.90 Å². The van der Waals surface area contributed by atoms with Crippen molar-refractivity contribution in [1.29, 1.82) is 0 Å². The van der Waals surface area contributed by atoms with Crippen LogP contribution >= 0.6 is 0 Å². The van der Waals surface area contributed by atoms with Gasteiger partial charge in [0.2, 0.25) is 5.88 Å². The Hall–Kier alpha value is -2.88. The molecule has 0 saturated carbocycles. The zero-order chi connectivity index (χ0) is 20.2. The Morgan fingerprint density at radius 3 is 2.11 bits per heavy atom. The van der Waals surface area contributed by atoms with Crippen LogP contribution in [0.1, 0.15) is 48.8 Å². The fourth-order valence-corrected chi connectivity index (χ4v) is 3.80. The first-order valence-corrected chi connectivity index (χ1v) is 9.70. The van der Waals surface area contributed by atoms with Crippen LogP contribution in [0, 0.1) is 27.7 Å². The summed E-state index contributed by atoms with van der Waals surface area (Å²) in [7, 11) is 0. The molecule has 0 spiro atoms. The van der Waals surface area contributed by atoms with Crippen LogP contribution in [0.3, 0.4) is 0 Å². The molecule has 4 nitrogen and oxygen atoms in total. The van der Waals surface area contributed by atoms with E-state index in [4.69, 9.17) is 4.42 Å². The number of furan rings is 1. The number of hydrogen-bond acceptors (Lipinski definition) is 4. The van der Waals surface area contributed by atoms with Crippen LogP contribution in [0.15, 0.2) is 51.0 Å². The largest absolute Gasteiger partial charge is 0.443 e. The molecule has 1 aromatic heterocycles. The van der Waals surface area contributed by atoms with Crippen molar-refractivity contribution in [3.8, 4) is 0 Å². The smallest absolute Gasteiger partial charge is 0.232 e. The quantitative estimate of drug-likeness (QED) is 0.339. The van der Waals surface area contributed by atoms with Crippen LogP contribution in [0.2, 0.25) is 0 Å². The van der Waals surface area contributed by atoms with Crippen LogP contribution < -0.4 is 4.90 Å². The number of hydrogen-bond donors (Lipinski definition) is 0. The molecule has 4 heteroatoms. The minimum Gasteiger partial charge on any atom is -0.443 e. The van der Waals surface area contributed by atoms with Crippen molar-refractivity contribution in [3.05, 3.63) is 64.4 Å². The van der Waals surface area contributed by atoms with Gasteiger partial charge in [-0.1, -0.05) is 39.0 Å². The summed E-state index contributed by atoms with van der Waals surface area (Å²) in [6, 6.07) is 12.8. The SMILES string of the molecule is Cc1ccc2c(c1)N=Nc1cc(C)oc1N2c1c(C)cc(C(C)(C)C)cc1C. The normalized spacial score (nSPS) is 13.3. The second-order valence-electron chi connectivity index (χ2n) is 8.78. The molecule has 4 rings (SSSR count). The van der Waals surface area contributed by atoms with Gasteiger partial charge in [-0.3, -0.25) is 4.90 Å². The van der Waals surface area contributed by atoms with Crippen LogP contribution in [-0.2, 0) is 5.41 Å². The van der Waals surface area contributed by atoms with Crippen LogP contribution in [-0.4, -0.2) is 0 Å². The topological polar surface area (TPSA) is 41.1 Å². The fraction of sp³-hybridized carbons (Fsp3) is 0.333. The second kappa shape index (κ2) is 6.33. The van der Waals surface area contributed by atoms with Crippen molar-refractivity contribution in [2.45, 2.75) is 53.9 Å². The maximum Gasteiger partial charge on any atom is 0.232 e. The molecule has 2 aromatic carbocycles. The highest BCUT2D eigenvalue weighted by Crippen LogP contribution is 2.50. The molecule has 0 N–H and O–H groups in total. The Bertz CT molecular complexity index is 1080. The van der Waals surface area contributed by atoms with Gasteiger partial charge in [0.1, 0.15) is 17.1 Å². The lowest BCUT2D eigenvalue weighted by Gasteiger charge is -2.29. The molecule has 2 heterocycles. The van der Waals surface area contributed by atoms with Gasteiger partial charge < -0.3 is 4.42 Å². The van der Waals surface area contributed by atoms with E-state index in [1.165, 1.54) is 16.7 Å². The third kappa shape index (κ3) is 3.03. The Labute approximate surface area is 166 Å². The number of nitrogens with zero attached hydrogens (tertiary/aromatic N) is 3. The van der Waals surface area contributed by atoms with Gasteiger partial charge in [0.05, 0.1) is 11.4 Å². The van der Waals surface area contributed by atoms with Crippen molar-refractivity contribution in [2.24, 2.45) is 10.2 Å². The summed E-state index contributed by atoms with van der Waals surface area (Å²) in [6.45, 7) is 15.1. The molecule has 3 aromatic rings. The summed E-state index contributed by atoms with van der Waals surface area (Å²) in [4.78, 5) is 2.17. The van der Waals surface area contributed by atoms with E-state index in [2.05, 4.69) is 87.0 Å². The van der Waals surface area contributed by atoms with Crippen molar-refractivity contribution in [1.82, 2.24) is 0 Å². The van der Waals surface area contributed by atoms with Gasteiger partial charge in [-0.2, -0.15) is 0 Å². The van der Waals surface area contributed by atoms with E-state index in [0.717, 1.165) is 40.0 Å². The molecule has 28 heavy (non-hydrogen) atoms. The molecule has 144 valence electrons. The van der Waals surface area contributed by atoms with Gasteiger partial charge in [-0.15, -0.1) is 10.2 Å². The number of aryl methyl sites for hydroxylation is 4. The van der Waals surface area contributed by atoms with Gasteiger partial charge in [-0.05, 0) is 67.5 Å². The van der Waals surface area contributed by atoms with E-state index < -0.39 is 0 Å². The number of rotatable bonds is 1. The molecule has 0 bridgehead atoms. The predicted molar refractivity (Wildman–Crippen MR) is 115 cm³/mol. The zero-order valence-corrected chi connectivity index (χ0v) is 17.7. The molecule has 0 atom stereocenters. The molecular formula is C24H27N3O. The van der Waals surface area contributed by atoms with E-state index in [1.54, 1.807) is 0 Å². The van der Waals surface area contributed by atoms with Gasteiger partial charge in [0.15, 0.2) is 0 Å². The molecule has 0 saturated heterocycles. The van der Waals surface area contributed by atoms with Crippen molar-refractivity contribution in [3.63, 3.8) is 0 Å². The zero-order valence-electron chi connectivity index (χ0n) is 17.7. The molecule has 0 fully saturated rings. The predicted octanol–water partition coefficient (Wildman–Crippen LogP) is 8.01. The van der Waals surface area contributed by atoms with Crippen molar-refractivity contribution >= 4 is 28.6 Å². The lowest BCUT2D eigenvalue weighted by molar-refractivity contribution is 0.541. The summed E-state index contributed by atoms with van der Waals surface area (Å²) in [5.74, 6) is 1.55. The third-order valence-corrected chi connectivity index (χ3v) is 5.24. The van der Waals surface area contributed by atoms with E-state index >= 15 is 0 Å². The molecule has 0 radical (unpaired) electrons. The molecule has 1 aliphatic heterocycles. The Morgan fingerprint density at radius 1 is 0.821 bits per heavy atom. The lowest BCUT2D eigenvalue weighted by Crippen LogP contribution is -2.16. The van der Waals surface area contributed by atoms with E-state index in [1.807, 2.05) is 13.0 Å². The van der Waals surface area contributed by atoms with Crippen LogP contribution in [0.4, 0.5) is 28.6 Å². The average Bonchev–Trinajstić information content (AvgIpc) is 2.90. The molecule has 0 aliphatic carbocycles. The van der Waals surface area contributed by atoms with Gasteiger partial charge in [0.25, 0.3) is 0 Å². The number of azo groups is 1. The Balaban J connectivity index is 2.01. The average molecular weight is 374 g/mol. The van der Waals surface area contributed by atoms with Crippen molar-refractivity contribution < 1.29 is 4.42 Å². The Kier molecular flexibility index (Phi) is 4.18. The summed E-state index contributed by atoms with van der Waals surface area (Å²) in [6.07, 6.45) is 0. The standard InChI is InChI=1S/C24H27N3O/c1-14-8-9-21-19(10-14)25-26-20-13-17(4)28-23(20)27(21)22-15(2)11-18(12-16(22)3)24(5,6)7/h8-13H,1-7H3. The molecule has 0 amide bonds. The summed E-state index contributed by atoms with van der Waals surface area (Å²) in [5.41, 5.74) is 8.71.